The first-order valence-corrected chi connectivity index (χ1v) is 9.07. The third-order valence-electron chi connectivity index (χ3n) is 4.80. The van der Waals surface area contributed by atoms with Crippen molar-refractivity contribution < 1.29 is 13.9 Å². The molecule has 0 atom stereocenters. The van der Waals surface area contributed by atoms with E-state index >= 15 is 0 Å². The first-order chi connectivity index (χ1) is 12.7. The molecule has 0 aliphatic heterocycles. The van der Waals surface area contributed by atoms with Crippen molar-refractivity contribution in [1.82, 2.24) is 0 Å². The van der Waals surface area contributed by atoms with Crippen molar-refractivity contribution in [1.29, 1.82) is 0 Å². The molecule has 0 saturated carbocycles. The van der Waals surface area contributed by atoms with Crippen LogP contribution in [-0.4, -0.2) is 7.11 Å². The highest BCUT2D eigenvalue weighted by Crippen LogP contribution is 2.34. The van der Waals surface area contributed by atoms with E-state index in [1.54, 1.807) is 13.2 Å². The lowest BCUT2D eigenvalue weighted by Crippen LogP contribution is -2.15. The van der Waals surface area contributed by atoms with Crippen molar-refractivity contribution in [3.8, 4) is 11.5 Å². The molecule has 1 heterocycles. The van der Waals surface area contributed by atoms with Gasteiger partial charge in [0.25, 0.3) is 0 Å². The van der Waals surface area contributed by atoms with Gasteiger partial charge >= 0.3 is 5.63 Å². The van der Waals surface area contributed by atoms with Crippen molar-refractivity contribution in [2.24, 2.45) is 0 Å². The van der Waals surface area contributed by atoms with E-state index in [9.17, 15) is 4.79 Å². The zero-order valence-electron chi connectivity index (χ0n) is 14.5. The molecule has 3 aromatic rings. The summed E-state index contributed by atoms with van der Waals surface area (Å²) in [6.45, 7) is 0.345. The van der Waals surface area contributed by atoms with Crippen LogP contribution in [0.3, 0.4) is 0 Å². The number of ether oxygens (including phenoxy) is 2. The van der Waals surface area contributed by atoms with Gasteiger partial charge in [-0.05, 0) is 55.0 Å². The number of methoxy groups -OCH3 is 1. The normalized spacial score (nSPS) is 13.5. The molecular weight excluding hydrogens is 352 g/mol. The van der Waals surface area contributed by atoms with Gasteiger partial charge in [0.15, 0.2) is 0 Å². The van der Waals surface area contributed by atoms with Crippen molar-refractivity contribution in [2.45, 2.75) is 32.3 Å². The Morgan fingerprint density at radius 1 is 1.12 bits per heavy atom. The number of fused-ring (bicyclic) bond motifs is 3. The molecule has 1 aliphatic rings. The number of halogens is 1. The van der Waals surface area contributed by atoms with Crippen LogP contribution in [0.1, 0.15) is 29.5 Å². The van der Waals surface area contributed by atoms with Crippen LogP contribution >= 0.6 is 11.6 Å². The predicted molar refractivity (Wildman–Crippen MR) is 101 cm³/mol. The van der Waals surface area contributed by atoms with E-state index in [1.165, 1.54) is 0 Å². The molecule has 4 rings (SSSR count). The van der Waals surface area contributed by atoms with Gasteiger partial charge in [-0.2, -0.15) is 0 Å². The van der Waals surface area contributed by atoms with Crippen LogP contribution in [0.5, 0.6) is 11.5 Å². The summed E-state index contributed by atoms with van der Waals surface area (Å²) >= 11 is 6.44. The van der Waals surface area contributed by atoms with Gasteiger partial charge in [0.2, 0.25) is 0 Å². The zero-order chi connectivity index (χ0) is 18.1. The van der Waals surface area contributed by atoms with Gasteiger partial charge in [0, 0.05) is 17.0 Å². The maximum Gasteiger partial charge on any atom is 0.339 e. The Morgan fingerprint density at radius 3 is 2.73 bits per heavy atom. The molecule has 1 aliphatic carbocycles. The van der Waals surface area contributed by atoms with Crippen molar-refractivity contribution in [2.75, 3.05) is 7.11 Å². The predicted octanol–water partition coefficient (Wildman–Crippen LogP) is 4.91. The second kappa shape index (κ2) is 7.04. The molecule has 0 N–H and O–H groups in total. The van der Waals surface area contributed by atoms with Gasteiger partial charge in [-0.1, -0.05) is 23.7 Å². The fourth-order valence-corrected chi connectivity index (χ4v) is 3.70. The second-order valence-electron chi connectivity index (χ2n) is 6.47. The van der Waals surface area contributed by atoms with E-state index in [-0.39, 0.29) is 5.63 Å². The van der Waals surface area contributed by atoms with E-state index in [1.807, 2.05) is 30.3 Å². The highest BCUT2D eigenvalue weighted by atomic mass is 35.5. The lowest BCUT2D eigenvalue weighted by atomic mass is 9.91. The average molecular weight is 371 g/mol. The minimum Gasteiger partial charge on any atom is -0.497 e. The van der Waals surface area contributed by atoms with Crippen LogP contribution in [0.2, 0.25) is 5.02 Å². The molecule has 5 heteroatoms. The molecule has 1 aromatic heterocycles. The molecule has 0 radical (unpaired) electrons. The van der Waals surface area contributed by atoms with Crippen LogP contribution in [-0.2, 0) is 19.4 Å². The number of hydrogen-bond acceptors (Lipinski definition) is 4. The molecule has 4 nitrogen and oxygen atoms in total. The smallest absolute Gasteiger partial charge is 0.339 e. The minimum absolute atomic E-state index is 0.242. The highest BCUT2D eigenvalue weighted by molar-refractivity contribution is 6.32. The SMILES string of the molecule is COc1cccc(COc2cc3oc(=O)c4c(c3cc2Cl)CCCC4)c1. The Morgan fingerprint density at radius 2 is 1.92 bits per heavy atom. The number of benzene rings is 2. The first-order valence-electron chi connectivity index (χ1n) is 8.69. The maximum absolute atomic E-state index is 12.3. The summed E-state index contributed by atoms with van der Waals surface area (Å²) in [4.78, 5) is 12.3. The topological polar surface area (TPSA) is 48.7 Å². The summed E-state index contributed by atoms with van der Waals surface area (Å²) in [5.74, 6) is 1.27. The van der Waals surface area contributed by atoms with Gasteiger partial charge in [0.05, 0.1) is 12.1 Å². The summed E-state index contributed by atoms with van der Waals surface area (Å²) in [7, 11) is 1.63. The monoisotopic (exact) mass is 370 g/mol. The van der Waals surface area contributed by atoms with Gasteiger partial charge in [-0.15, -0.1) is 0 Å². The van der Waals surface area contributed by atoms with Gasteiger partial charge in [0.1, 0.15) is 23.7 Å². The molecule has 134 valence electrons. The van der Waals surface area contributed by atoms with Crippen LogP contribution in [0.15, 0.2) is 45.6 Å². The number of rotatable bonds is 4. The molecule has 0 unspecified atom stereocenters. The second-order valence-corrected chi connectivity index (χ2v) is 6.88. The van der Waals surface area contributed by atoms with E-state index < -0.39 is 0 Å². The minimum atomic E-state index is -0.242. The van der Waals surface area contributed by atoms with Crippen LogP contribution < -0.4 is 15.1 Å². The zero-order valence-corrected chi connectivity index (χ0v) is 15.3. The third-order valence-corrected chi connectivity index (χ3v) is 5.10. The Labute approximate surface area is 156 Å². The Kier molecular flexibility index (Phi) is 4.60. The molecule has 26 heavy (non-hydrogen) atoms. The highest BCUT2D eigenvalue weighted by Gasteiger charge is 2.19. The quantitative estimate of drug-likeness (QED) is 0.612. The summed E-state index contributed by atoms with van der Waals surface area (Å²) in [5.41, 5.74) is 3.12. The average Bonchev–Trinajstić information content (AvgIpc) is 2.67. The van der Waals surface area contributed by atoms with Crippen molar-refractivity contribution in [3.05, 3.63) is 68.5 Å². The van der Waals surface area contributed by atoms with Crippen molar-refractivity contribution >= 4 is 22.6 Å². The summed E-state index contributed by atoms with van der Waals surface area (Å²) < 4.78 is 16.6. The van der Waals surface area contributed by atoms with Crippen LogP contribution in [0.25, 0.3) is 11.0 Å². The van der Waals surface area contributed by atoms with Gasteiger partial charge < -0.3 is 13.9 Å². The molecule has 0 spiro atoms. The maximum atomic E-state index is 12.3. The van der Waals surface area contributed by atoms with E-state index in [0.717, 1.165) is 53.5 Å². The fraction of sp³-hybridized carbons (Fsp3) is 0.286. The Bertz CT molecular complexity index is 1020. The van der Waals surface area contributed by atoms with Gasteiger partial charge in [-0.25, -0.2) is 4.79 Å². The molecule has 0 amide bonds. The van der Waals surface area contributed by atoms with Crippen LogP contribution in [0.4, 0.5) is 0 Å². The van der Waals surface area contributed by atoms with Crippen molar-refractivity contribution in [3.63, 3.8) is 0 Å². The van der Waals surface area contributed by atoms with Gasteiger partial charge in [-0.3, -0.25) is 0 Å². The number of hydrogen-bond donors (Lipinski definition) is 0. The standard InChI is InChI=1S/C21H19ClO4/c1-24-14-6-4-5-13(9-14)12-25-20-11-19-17(10-18(20)22)15-7-2-3-8-16(15)21(23)26-19/h4-6,9-11H,2-3,7-8,12H2,1H3. The molecule has 0 bridgehead atoms. The number of aryl methyl sites for hydroxylation is 1. The summed E-state index contributed by atoms with van der Waals surface area (Å²) in [6.07, 6.45) is 3.77. The lowest BCUT2D eigenvalue weighted by molar-refractivity contribution is 0.305. The summed E-state index contributed by atoms with van der Waals surface area (Å²) in [6, 6.07) is 11.2. The fourth-order valence-electron chi connectivity index (χ4n) is 3.48. The third kappa shape index (κ3) is 3.17. The molecule has 2 aromatic carbocycles. The summed E-state index contributed by atoms with van der Waals surface area (Å²) in [5, 5.41) is 1.43. The molecular formula is C21H19ClO4. The van der Waals surface area contributed by atoms with E-state index in [2.05, 4.69) is 0 Å². The lowest BCUT2D eigenvalue weighted by Gasteiger charge is -2.17. The first kappa shape index (κ1) is 17.0. The molecule has 0 saturated heterocycles. The largest absolute Gasteiger partial charge is 0.497 e. The van der Waals surface area contributed by atoms with Crippen LogP contribution in [0, 0.1) is 0 Å². The van der Waals surface area contributed by atoms with E-state index in [4.69, 9.17) is 25.5 Å². The van der Waals surface area contributed by atoms with E-state index in [0.29, 0.717) is 23.0 Å². The Hall–Kier alpha value is -2.46. The Balaban J connectivity index is 1.68. The molecule has 0 fully saturated rings.